The van der Waals surface area contributed by atoms with Gasteiger partial charge < -0.3 is 9.32 Å². The van der Waals surface area contributed by atoms with Gasteiger partial charge in [-0.15, -0.1) is 0 Å². The van der Waals surface area contributed by atoms with Crippen molar-refractivity contribution in [2.24, 2.45) is 29.1 Å². The quantitative estimate of drug-likeness (QED) is 0.406. The van der Waals surface area contributed by atoms with Crippen LogP contribution in [0.2, 0.25) is 0 Å². The van der Waals surface area contributed by atoms with Crippen molar-refractivity contribution in [2.45, 2.75) is 77.8 Å². The van der Waals surface area contributed by atoms with Crippen LogP contribution in [0.15, 0.2) is 40.8 Å². The van der Waals surface area contributed by atoms with E-state index in [0.717, 1.165) is 34.8 Å². The van der Waals surface area contributed by atoms with Gasteiger partial charge in [0.15, 0.2) is 5.58 Å². The first-order valence-corrected chi connectivity index (χ1v) is 12.6. The summed E-state index contributed by atoms with van der Waals surface area (Å²) in [6.45, 7) is 9.86. The Morgan fingerprint density at radius 3 is 2.26 bits per heavy atom. The standard InChI is InChI=1S/C29H35NO/c1-17-9-10-24-23-7-5-6-8-25(23)31-27(24)26(17)30-18(2)29(16-28(30,3)4)21-12-19-11-20(14-21)15-22(29)13-19/h5-10,18-22H,11-16H2,1-4H3/t18-,19?,20?,21?,22?,29?/m0/s1. The normalized spacial score (nSPS) is 38.2. The van der Waals surface area contributed by atoms with Crippen LogP contribution in [-0.4, -0.2) is 11.6 Å². The maximum atomic E-state index is 6.57. The van der Waals surface area contributed by atoms with Gasteiger partial charge in [0.2, 0.25) is 0 Å². The number of furan rings is 1. The van der Waals surface area contributed by atoms with E-state index in [1.807, 2.05) is 0 Å². The van der Waals surface area contributed by atoms with E-state index in [1.165, 1.54) is 60.5 Å². The van der Waals surface area contributed by atoms with Gasteiger partial charge in [0.25, 0.3) is 0 Å². The number of aryl methyl sites for hydroxylation is 1. The summed E-state index contributed by atoms with van der Waals surface area (Å²) in [6.07, 6.45) is 8.85. The summed E-state index contributed by atoms with van der Waals surface area (Å²) in [5.41, 5.74) is 5.45. The second-order valence-electron chi connectivity index (χ2n) is 12.2. The minimum absolute atomic E-state index is 0.146. The van der Waals surface area contributed by atoms with E-state index in [4.69, 9.17) is 4.42 Å². The number of para-hydroxylation sites is 1. The molecule has 4 saturated carbocycles. The van der Waals surface area contributed by atoms with Crippen molar-refractivity contribution in [1.82, 2.24) is 0 Å². The molecule has 0 amide bonds. The highest BCUT2D eigenvalue weighted by Crippen LogP contribution is 2.69. The van der Waals surface area contributed by atoms with Crippen molar-refractivity contribution in [3.05, 3.63) is 42.0 Å². The summed E-state index contributed by atoms with van der Waals surface area (Å²) in [5.74, 6) is 3.91. The van der Waals surface area contributed by atoms with Gasteiger partial charge in [0, 0.05) is 22.4 Å². The van der Waals surface area contributed by atoms with Crippen molar-refractivity contribution in [2.75, 3.05) is 4.90 Å². The molecule has 3 aromatic rings. The molecule has 4 aliphatic carbocycles. The Balaban J connectivity index is 1.43. The maximum Gasteiger partial charge on any atom is 0.158 e. The van der Waals surface area contributed by atoms with Gasteiger partial charge in [-0.3, -0.25) is 0 Å². The molecule has 2 heteroatoms. The van der Waals surface area contributed by atoms with Crippen LogP contribution in [0.1, 0.15) is 64.9 Å². The van der Waals surface area contributed by atoms with E-state index in [9.17, 15) is 0 Å². The van der Waals surface area contributed by atoms with Gasteiger partial charge in [0.1, 0.15) is 5.58 Å². The van der Waals surface area contributed by atoms with E-state index in [1.54, 1.807) is 0 Å². The molecule has 1 aromatic heterocycles. The van der Waals surface area contributed by atoms with E-state index < -0.39 is 0 Å². The van der Waals surface area contributed by atoms with Gasteiger partial charge in [-0.2, -0.15) is 0 Å². The third-order valence-electron chi connectivity index (χ3n) is 10.2. The summed E-state index contributed by atoms with van der Waals surface area (Å²) in [4.78, 5) is 2.81. The first-order valence-electron chi connectivity index (χ1n) is 12.6. The summed E-state index contributed by atoms with van der Waals surface area (Å²) >= 11 is 0. The molecule has 0 radical (unpaired) electrons. The Labute approximate surface area is 186 Å². The van der Waals surface area contributed by atoms with Gasteiger partial charge in [-0.1, -0.05) is 30.3 Å². The SMILES string of the molecule is Cc1ccc2c(oc3ccccc32)c1N1[C@@H](C)C2(CC1(C)C)C1CC3CC(C1)CC2C3. The number of anilines is 1. The number of nitrogens with zero attached hydrogens (tertiary/aromatic N) is 1. The van der Waals surface area contributed by atoms with Crippen LogP contribution < -0.4 is 4.90 Å². The molecule has 2 heterocycles. The minimum atomic E-state index is 0.146. The van der Waals surface area contributed by atoms with Crippen LogP contribution in [0.3, 0.4) is 0 Å². The van der Waals surface area contributed by atoms with Gasteiger partial charge in [-0.25, -0.2) is 0 Å². The van der Waals surface area contributed by atoms with Gasteiger partial charge in [0.05, 0.1) is 5.69 Å². The van der Waals surface area contributed by atoms with E-state index in [0.29, 0.717) is 11.5 Å². The third-order valence-corrected chi connectivity index (χ3v) is 10.2. The summed E-state index contributed by atoms with van der Waals surface area (Å²) in [6, 6.07) is 13.7. The molecule has 0 N–H and O–H groups in total. The molecule has 1 atom stereocenters. The summed E-state index contributed by atoms with van der Waals surface area (Å²) in [5, 5.41) is 2.51. The van der Waals surface area contributed by atoms with Crippen LogP contribution in [0.4, 0.5) is 5.69 Å². The maximum absolute atomic E-state index is 6.57. The summed E-state index contributed by atoms with van der Waals surface area (Å²) < 4.78 is 6.57. The third kappa shape index (κ3) is 2.24. The topological polar surface area (TPSA) is 16.4 Å². The number of rotatable bonds is 1. The summed E-state index contributed by atoms with van der Waals surface area (Å²) in [7, 11) is 0. The van der Waals surface area contributed by atoms with E-state index in [-0.39, 0.29) is 5.54 Å². The van der Waals surface area contributed by atoms with Crippen LogP contribution in [0.5, 0.6) is 0 Å². The van der Waals surface area contributed by atoms with Crippen LogP contribution in [-0.2, 0) is 0 Å². The lowest BCUT2D eigenvalue weighted by atomic mass is 9.43. The number of benzene rings is 2. The highest BCUT2D eigenvalue weighted by Gasteiger charge is 2.66. The minimum Gasteiger partial charge on any atom is -0.454 e. The molecule has 5 fully saturated rings. The van der Waals surface area contributed by atoms with Crippen molar-refractivity contribution < 1.29 is 4.42 Å². The van der Waals surface area contributed by atoms with Crippen LogP contribution in [0, 0.1) is 36.0 Å². The molecule has 31 heavy (non-hydrogen) atoms. The Kier molecular flexibility index (Phi) is 3.53. The number of hydrogen-bond acceptors (Lipinski definition) is 2. The molecule has 2 nitrogen and oxygen atoms in total. The molecular weight excluding hydrogens is 378 g/mol. The first kappa shape index (κ1) is 18.6. The lowest BCUT2D eigenvalue weighted by Gasteiger charge is -2.62. The average Bonchev–Trinajstić information content (AvgIpc) is 3.19. The lowest BCUT2D eigenvalue weighted by molar-refractivity contribution is -0.113. The molecule has 5 aliphatic rings. The molecule has 1 spiro atoms. The molecule has 2 aromatic carbocycles. The Morgan fingerprint density at radius 1 is 0.871 bits per heavy atom. The fraction of sp³-hybridized carbons (Fsp3) is 0.586. The Hall–Kier alpha value is -1.96. The Morgan fingerprint density at radius 2 is 1.55 bits per heavy atom. The fourth-order valence-corrected chi connectivity index (χ4v) is 9.45. The molecule has 162 valence electrons. The van der Waals surface area contributed by atoms with Gasteiger partial charge in [-0.05, 0) is 107 Å². The number of hydrogen-bond donors (Lipinski definition) is 0. The van der Waals surface area contributed by atoms with Crippen molar-refractivity contribution >= 4 is 27.6 Å². The molecule has 4 bridgehead atoms. The van der Waals surface area contributed by atoms with E-state index in [2.05, 4.69) is 69.0 Å². The molecule has 8 rings (SSSR count). The molecule has 1 aliphatic heterocycles. The zero-order valence-electron chi connectivity index (χ0n) is 19.4. The van der Waals surface area contributed by atoms with Crippen molar-refractivity contribution in [1.29, 1.82) is 0 Å². The lowest BCUT2D eigenvalue weighted by Crippen LogP contribution is -2.57. The smallest absolute Gasteiger partial charge is 0.158 e. The zero-order valence-corrected chi connectivity index (χ0v) is 19.4. The van der Waals surface area contributed by atoms with Crippen LogP contribution >= 0.6 is 0 Å². The van der Waals surface area contributed by atoms with E-state index >= 15 is 0 Å². The second kappa shape index (κ2) is 5.88. The Bertz CT molecular complexity index is 1170. The predicted octanol–water partition coefficient (Wildman–Crippen LogP) is 7.71. The second-order valence-corrected chi connectivity index (χ2v) is 12.2. The first-order chi connectivity index (χ1) is 14.9. The fourth-order valence-electron chi connectivity index (χ4n) is 9.45. The predicted molar refractivity (Wildman–Crippen MR) is 129 cm³/mol. The largest absolute Gasteiger partial charge is 0.454 e. The molecule has 0 unspecified atom stereocenters. The average molecular weight is 414 g/mol. The molecular formula is C29H35NO. The zero-order chi connectivity index (χ0) is 21.1. The molecule has 1 saturated heterocycles. The monoisotopic (exact) mass is 413 g/mol. The highest BCUT2D eigenvalue weighted by atomic mass is 16.3. The number of fused-ring (bicyclic) bond motifs is 3. The van der Waals surface area contributed by atoms with Gasteiger partial charge >= 0.3 is 0 Å². The highest BCUT2D eigenvalue weighted by molar-refractivity contribution is 6.09. The van der Waals surface area contributed by atoms with Crippen molar-refractivity contribution in [3.63, 3.8) is 0 Å². The van der Waals surface area contributed by atoms with Crippen LogP contribution in [0.25, 0.3) is 21.9 Å². The van der Waals surface area contributed by atoms with Crippen molar-refractivity contribution in [3.8, 4) is 0 Å².